The van der Waals surface area contributed by atoms with Crippen molar-refractivity contribution in [2.24, 2.45) is 5.92 Å². The van der Waals surface area contributed by atoms with Crippen LogP contribution in [0.5, 0.6) is 0 Å². The molecule has 4 rings (SSSR count). The van der Waals surface area contributed by atoms with Crippen LogP contribution in [0.4, 0.5) is 10.5 Å². The van der Waals surface area contributed by atoms with Gasteiger partial charge >= 0.3 is 6.03 Å². The van der Waals surface area contributed by atoms with Crippen LogP contribution in [0.1, 0.15) is 19.3 Å². The molecular formula is C17H21N5O2. The van der Waals surface area contributed by atoms with E-state index in [2.05, 4.69) is 15.4 Å². The van der Waals surface area contributed by atoms with E-state index in [0.717, 1.165) is 44.8 Å². The SMILES string of the molecule is O=C(Nc1ccc(-n2cccn2)nc1)N(CC1CCOC1)C1CC1. The van der Waals surface area contributed by atoms with Crippen LogP contribution in [0, 0.1) is 5.92 Å². The highest BCUT2D eigenvalue weighted by atomic mass is 16.5. The van der Waals surface area contributed by atoms with Crippen molar-refractivity contribution in [3.8, 4) is 5.82 Å². The number of amides is 2. The molecule has 2 aromatic heterocycles. The first-order valence-electron chi connectivity index (χ1n) is 8.41. The van der Waals surface area contributed by atoms with Gasteiger partial charge in [0.2, 0.25) is 0 Å². The molecule has 2 aliphatic rings. The Bertz CT molecular complexity index is 676. The summed E-state index contributed by atoms with van der Waals surface area (Å²) in [6, 6.07) is 5.87. The van der Waals surface area contributed by atoms with Gasteiger partial charge in [0.05, 0.1) is 18.5 Å². The van der Waals surface area contributed by atoms with Crippen LogP contribution in [0.25, 0.3) is 5.82 Å². The van der Waals surface area contributed by atoms with Gasteiger partial charge in [0.25, 0.3) is 0 Å². The molecule has 3 heterocycles. The molecule has 2 amide bonds. The number of pyridine rings is 1. The van der Waals surface area contributed by atoms with Gasteiger partial charge in [-0.15, -0.1) is 0 Å². The number of carbonyl (C=O) groups is 1. The maximum Gasteiger partial charge on any atom is 0.322 e. The minimum Gasteiger partial charge on any atom is -0.381 e. The smallest absolute Gasteiger partial charge is 0.322 e. The van der Waals surface area contributed by atoms with Crippen molar-refractivity contribution in [2.45, 2.75) is 25.3 Å². The second kappa shape index (κ2) is 6.60. The first-order chi connectivity index (χ1) is 11.8. The Labute approximate surface area is 140 Å². The summed E-state index contributed by atoms with van der Waals surface area (Å²) in [6.07, 6.45) is 8.43. The van der Waals surface area contributed by atoms with Gasteiger partial charge in [0.15, 0.2) is 5.82 Å². The molecule has 24 heavy (non-hydrogen) atoms. The van der Waals surface area contributed by atoms with Gasteiger partial charge in [-0.1, -0.05) is 0 Å². The Morgan fingerprint density at radius 2 is 2.29 bits per heavy atom. The summed E-state index contributed by atoms with van der Waals surface area (Å²) in [6.45, 7) is 2.34. The van der Waals surface area contributed by atoms with E-state index >= 15 is 0 Å². The molecule has 0 radical (unpaired) electrons. The van der Waals surface area contributed by atoms with Gasteiger partial charge in [0.1, 0.15) is 0 Å². The maximum absolute atomic E-state index is 12.6. The third-order valence-electron chi connectivity index (χ3n) is 4.47. The summed E-state index contributed by atoms with van der Waals surface area (Å²) in [4.78, 5) is 18.9. The lowest BCUT2D eigenvalue weighted by Crippen LogP contribution is -2.40. The van der Waals surface area contributed by atoms with E-state index in [-0.39, 0.29) is 6.03 Å². The van der Waals surface area contributed by atoms with Crippen LogP contribution < -0.4 is 5.32 Å². The lowest BCUT2D eigenvalue weighted by Gasteiger charge is -2.25. The van der Waals surface area contributed by atoms with E-state index in [0.29, 0.717) is 17.6 Å². The fraction of sp³-hybridized carbons (Fsp3) is 0.471. The van der Waals surface area contributed by atoms with E-state index in [1.807, 2.05) is 29.3 Å². The molecule has 0 aromatic carbocycles. The number of carbonyl (C=O) groups excluding carboxylic acids is 1. The Morgan fingerprint density at radius 3 is 2.92 bits per heavy atom. The number of rotatable bonds is 5. The molecule has 1 aliphatic carbocycles. The zero-order valence-corrected chi connectivity index (χ0v) is 13.5. The summed E-state index contributed by atoms with van der Waals surface area (Å²) < 4.78 is 7.11. The van der Waals surface area contributed by atoms with Crippen molar-refractivity contribution in [3.05, 3.63) is 36.8 Å². The molecule has 1 saturated carbocycles. The van der Waals surface area contributed by atoms with Crippen molar-refractivity contribution in [2.75, 3.05) is 25.1 Å². The lowest BCUT2D eigenvalue weighted by atomic mass is 10.1. The van der Waals surface area contributed by atoms with E-state index in [4.69, 9.17) is 4.74 Å². The number of anilines is 1. The first-order valence-corrected chi connectivity index (χ1v) is 8.41. The Balaban J connectivity index is 1.40. The molecule has 0 spiro atoms. The molecular weight excluding hydrogens is 306 g/mol. The molecule has 2 fully saturated rings. The van der Waals surface area contributed by atoms with Gasteiger partial charge < -0.3 is 15.0 Å². The number of nitrogens with one attached hydrogen (secondary N) is 1. The molecule has 7 heteroatoms. The van der Waals surface area contributed by atoms with Gasteiger partial charge in [-0.25, -0.2) is 14.5 Å². The minimum atomic E-state index is -0.0435. The highest BCUT2D eigenvalue weighted by molar-refractivity contribution is 5.89. The number of aromatic nitrogens is 3. The van der Waals surface area contributed by atoms with Crippen LogP contribution in [0.2, 0.25) is 0 Å². The highest BCUT2D eigenvalue weighted by Crippen LogP contribution is 2.29. The highest BCUT2D eigenvalue weighted by Gasteiger charge is 2.34. The fourth-order valence-corrected chi connectivity index (χ4v) is 2.98. The lowest BCUT2D eigenvalue weighted by molar-refractivity contribution is 0.167. The molecule has 1 aliphatic heterocycles. The number of nitrogens with zero attached hydrogens (tertiary/aromatic N) is 4. The predicted molar refractivity (Wildman–Crippen MR) is 89.0 cm³/mol. The van der Waals surface area contributed by atoms with E-state index in [1.54, 1.807) is 17.1 Å². The van der Waals surface area contributed by atoms with Crippen LogP contribution in [-0.2, 0) is 4.74 Å². The summed E-state index contributed by atoms with van der Waals surface area (Å²) in [7, 11) is 0. The Kier molecular flexibility index (Phi) is 4.17. The van der Waals surface area contributed by atoms with Crippen LogP contribution >= 0.6 is 0 Å². The van der Waals surface area contributed by atoms with Crippen LogP contribution in [0.15, 0.2) is 36.8 Å². The molecule has 1 N–H and O–H groups in total. The maximum atomic E-state index is 12.6. The molecule has 126 valence electrons. The fourth-order valence-electron chi connectivity index (χ4n) is 2.98. The average molecular weight is 327 g/mol. The summed E-state index contributed by atoms with van der Waals surface area (Å²) in [5, 5.41) is 7.10. The quantitative estimate of drug-likeness (QED) is 0.914. The van der Waals surface area contributed by atoms with Crippen molar-refractivity contribution in [1.29, 1.82) is 0 Å². The summed E-state index contributed by atoms with van der Waals surface area (Å²) in [5.74, 6) is 1.18. The molecule has 7 nitrogen and oxygen atoms in total. The van der Waals surface area contributed by atoms with Crippen molar-refractivity contribution in [3.63, 3.8) is 0 Å². The zero-order valence-electron chi connectivity index (χ0n) is 13.5. The number of hydrogen-bond donors (Lipinski definition) is 1. The largest absolute Gasteiger partial charge is 0.381 e. The Morgan fingerprint density at radius 1 is 1.38 bits per heavy atom. The number of urea groups is 1. The van der Waals surface area contributed by atoms with Crippen LogP contribution in [-0.4, -0.2) is 51.5 Å². The molecule has 0 bridgehead atoms. The van der Waals surface area contributed by atoms with Gasteiger partial charge in [-0.2, -0.15) is 5.10 Å². The molecule has 1 unspecified atom stereocenters. The monoisotopic (exact) mass is 327 g/mol. The predicted octanol–water partition coefficient (Wildman–Crippen LogP) is 2.30. The normalized spacial score (nSPS) is 20.1. The second-order valence-electron chi connectivity index (χ2n) is 6.40. The van der Waals surface area contributed by atoms with Crippen molar-refractivity contribution in [1.82, 2.24) is 19.7 Å². The van der Waals surface area contributed by atoms with E-state index in [1.165, 1.54) is 0 Å². The topological polar surface area (TPSA) is 72.3 Å². The zero-order chi connectivity index (χ0) is 16.4. The third kappa shape index (κ3) is 3.41. The van der Waals surface area contributed by atoms with Crippen LogP contribution in [0.3, 0.4) is 0 Å². The number of hydrogen-bond acceptors (Lipinski definition) is 4. The van der Waals surface area contributed by atoms with Gasteiger partial charge in [-0.3, -0.25) is 0 Å². The minimum absolute atomic E-state index is 0.0435. The van der Waals surface area contributed by atoms with Gasteiger partial charge in [0, 0.05) is 37.5 Å². The standard InChI is InChI=1S/C17H21N5O2/c23-17(21(15-3-4-15)11-13-6-9-24-12-13)20-14-2-5-16(18-10-14)22-8-1-7-19-22/h1-2,5,7-8,10,13,15H,3-4,6,9,11-12H2,(H,20,23). The molecule has 2 aromatic rings. The Hall–Kier alpha value is -2.41. The van der Waals surface area contributed by atoms with E-state index < -0.39 is 0 Å². The number of ether oxygens (including phenoxy) is 1. The summed E-state index contributed by atoms with van der Waals surface area (Å²) >= 11 is 0. The van der Waals surface area contributed by atoms with Crippen molar-refractivity contribution < 1.29 is 9.53 Å². The third-order valence-corrected chi connectivity index (χ3v) is 4.47. The molecule has 1 atom stereocenters. The van der Waals surface area contributed by atoms with Crippen molar-refractivity contribution >= 4 is 11.7 Å². The first kappa shape index (κ1) is 15.1. The molecule has 1 saturated heterocycles. The summed E-state index contributed by atoms with van der Waals surface area (Å²) in [5.41, 5.74) is 0.698. The average Bonchev–Trinajstić information content (AvgIpc) is 3.08. The van der Waals surface area contributed by atoms with Gasteiger partial charge in [-0.05, 0) is 37.5 Å². The second-order valence-corrected chi connectivity index (χ2v) is 6.40. The van der Waals surface area contributed by atoms with E-state index in [9.17, 15) is 4.79 Å².